The molecule has 6 rings (SSSR count). The summed E-state index contributed by atoms with van der Waals surface area (Å²) in [5.41, 5.74) is 5.16. The number of benzene rings is 3. The highest BCUT2D eigenvalue weighted by Crippen LogP contribution is 2.34. The van der Waals surface area contributed by atoms with Gasteiger partial charge in [-0.2, -0.15) is 9.90 Å². The number of fused-ring (bicyclic) bond motifs is 2. The van der Waals surface area contributed by atoms with Crippen LogP contribution < -0.4 is 20.2 Å². The van der Waals surface area contributed by atoms with Crippen LogP contribution in [0.5, 0.6) is 11.5 Å². The molecule has 0 bridgehead atoms. The number of aromatic nitrogens is 5. The van der Waals surface area contributed by atoms with E-state index in [1.165, 1.54) is 30.5 Å². The second-order valence-corrected chi connectivity index (χ2v) is 8.79. The van der Waals surface area contributed by atoms with E-state index in [2.05, 4.69) is 31.3 Å². The summed E-state index contributed by atoms with van der Waals surface area (Å²) in [6, 6.07) is 18.4. The molecular weight excluding hydrogens is 519 g/mol. The zero-order valence-electron chi connectivity index (χ0n) is 20.8. The zero-order valence-corrected chi connectivity index (χ0v) is 20.8. The molecule has 2 aromatic heterocycles. The Bertz CT molecular complexity index is 1750. The Morgan fingerprint density at radius 1 is 1.00 bits per heavy atom. The second kappa shape index (κ2) is 10.6. The van der Waals surface area contributed by atoms with Crippen molar-refractivity contribution >= 4 is 34.6 Å². The number of rotatable bonds is 8. The number of anilines is 1. The van der Waals surface area contributed by atoms with Crippen molar-refractivity contribution in [2.45, 2.75) is 13.1 Å². The van der Waals surface area contributed by atoms with Gasteiger partial charge in [0.05, 0.1) is 6.21 Å². The largest absolute Gasteiger partial charge is 0.454 e. The van der Waals surface area contributed by atoms with Crippen LogP contribution in [0.1, 0.15) is 5.56 Å². The van der Waals surface area contributed by atoms with Gasteiger partial charge >= 0.3 is 0 Å². The van der Waals surface area contributed by atoms with Crippen LogP contribution in [0, 0.1) is 5.82 Å². The van der Waals surface area contributed by atoms with Gasteiger partial charge in [-0.1, -0.05) is 18.2 Å². The van der Waals surface area contributed by atoms with Crippen molar-refractivity contribution in [2.24, 2.45) is 5.10 Å². The number of carbonyl (C=O) groups excluding carboxylic acids is 2. The number of hydrogen-bond acceptors (Lipinski definition) is 8. The fraction of sp³-hybridized carbons (Fsp3) is 0.111. The van der Waals surface area contributed by atoms with Crippen molar-refractivity contribution in [3.05, 3.63) is 84.3 Å². The Kier molecular flexibility index (Phi) is 6.58. The maximum Gasteiger partial charge on any atom is 0.263 e. The first-order valence-corrected chi connectivity index (χ1v) is 12.1. The number of halogens is 1. The van der Waals surface area contributed by atoms with Crippen LogP contribution in [0.25, 0.3) is 22.3 Å². The molecule has 0 unspecified atom stereocenters. The third kappa shape index (κ3) is 5.34. The third-order valence-corrected chi connectivity index (χ3v) is 6.02. The SMILES string of the molecule is O=C(Cn1nnc(-c2ccc(F)cc2)n1)N/N=C\c1cn(CC(=O)Nc2ccc3c(c2)OCO3)c2ccccc12. The fourth-order valence-electron chi connectivity index (χ4n) is 4.20. The molecule has 3 heterocycles. The van der Waals surface area contributed by atoms with Crippen LogP contribution in [0.15, 0.2) is 78.0 Å². The fourth-order valence-corrected chi connectivity index (χ4v) is 4.20. The molecule has 2 N–H and O–H groups in total. The smallest absolute Gasteiger partial charge is 0.263 e. The van der Waals surface area contributed by atoms with E-state index < -0.39 is 5.91 Å². The summed E-state index contributed by atoms with van der Waals surface area (Å²) in [7, 11) is 0. The number of ether oxygens (including phenoxy) is 2. The topological polar surface area (TPSA) is 138 Å². The summed E-state index contributed by atoms with van der Waals surface area (Å²) < 4.78 is 25.6. The lowest BCUT2D eigenvalue weighted by Crippen LogP contribution is -2.24. The van der Waals surface area contributed by atoms with Crippen LogP contribution in [0.4, 0.5) is 10.1 Å². The Morgan fingerprint density at radius 2 is 1.82 bits per heavy atom. The molecule has 1 aliphatic rings. The molecule has 1 aliphatic heterocycles. The van der Waals surface area contributed by atoms with Crippen LogP contribution in [-0.4, -0.2) is 49.6 Å². The molecule has 0 saturated carbocycles. The first-order valence-electron chi connectivity index (χ1n) is 12.1. The second-order valence-electron chi connectivity index (χ2n) is 8.79. The van der Waals surface area contributed by atoms with Crippen LogP contribution >= 0.6 is 0 Å². The summed E-state index contributed by atoms with van der Waals surface area (Å²) in [6.45, 7) is -0.000498. The standard InChI is InChI=1S/C27H21FN8O4/c28-19-7-5-17(6-8-19)27-32-34-36(33-27)15-26(38)31-29-12-18-13-35(22-4-2-1-3-21(18)22)14-25(37)30-20-9-10-23-24(11-20)40-16-39-23/h1-13H,14-16H2,(H,30,37)(H,31,38)/b29-12-. The lowest BCUT2D eigenvalue weighted by molar-refractivity contribution is -0.122. The maximum absolute atomic E-state index is 13.1. The molecular formula is C27H21FN8O4. The molecule has 0 spiro atoms. The average Bonchev–Trinajstić information content (AvgIpc) is 3.69. The molecule has 13 heteroatoms. The normalized spacial score (nSPS) is 12.2. The van der Waals surface area contributed by atoms with Crippen LogP contribution in [0.3, 0.4) is 0 Å². The van der Waals surface area contributed by atoms with Crippen molar-refractivity contribution in [1.82, 2.24) is 30.2 Å². The molecule has 5 aromatic rings. The van der Waals surface area contributed by atoms with E-state index in [4.69, 9.17) is 9.47 Å². The Labute approximate surface area is 226 Å². The number of para-hydroxylation sites is 1. The van der Waals surface area contributed by atoms with Crippen molar-refractivity contribution in [3.63, 3.8) is 0 Å². The minimum absolute atomic E-state index is 0.0590. The van der Waals surface area contributed by atoms with Gasteiger partial charge in [-0.3, -0.25) is 9.59 Å². The molecule has 0 fully saturated rings. The number of nitrogens with one attached hydrogen (secondary N) is 2. The molecule has 0 radical (unpaired) electrons. The molecule has 2 amide bonds. The molecule has 40 heavy (non-hydrogen) atoms. The van der Waals surface area contributed by atoms with Crippen LogP contribution in [-0.2, 0) is 22.7 Å². The summed E-state index contributed by atoms with van der Waals surface area (Å²) in [4.78, 5) is 26.3. The maximum atomic E-state index is 13.1. The van der Waals surface area contributed by atoms with E-state index in [0.29, 0.717) is 28.3 Å². The van der Waals surface area contributed by atoms with Gasteiger partial charge in [0.25, 0.3) is 5.91 Å². The molecule has 12 nitrogen and oxygen atoms in total. The number of amides is 2. The molecule has 0 aliphatic carbocycles. The predicted octanol–water partition coefficient (Wildman–Crippen LogP) is 2.95. The Hall–Kier alpha value is -5.59. The Balaban J connectivity index is 1.09. The van der Waals surface area contributed by atoms with Gasteiger partial charge in [0.2, 0.25) is 18.5 Å². The predicted molar refractivity (Wildman–Crippen MR) is 142 cm³/mol. The van der Waals surface area contributed by atoms with Gasteiger partial charge in [-0.15, -0.1) is 10.2 Å². The molecule has 0 atom stereocenters. The number of hydrazone groups is 1. The Morgan fingerprint density at radius 3 is 2.70 bits per heavy atom. The van der Waals surface area contributed by atoms with Crippen molar-refractivity contribution in [3.8, 4) is 22.9 Å². The number of carbonyl (C=O) groups is 2. The van der Waals surface area contributed by atoms with E-state index in [1.54, 1.807) is 29.0 Å². The minimum atomic E-state index is -0.467. The van der Waals surface area contributed by atoms with Gasteiger partial charge in [0, 0.05) is 40.0 Å². The van der Waals surface area contributed by atoms with E-state index in [9.17, 15) is 14.0 Å². The lowest BCUT2D eigenvalue weighted by Gasteiger charge is -2.08. The van der Waals surface area contributed by atoms with Crippen molar-refractivity contribution in [1.29, 1.82) is 0 Å². The lowest BCUT2D eigenvalue weighted by atomic mass is 10.2. The first kappa shape index (κ1) is 24.7. The van der Waals surface area contributed by atoms with Crippen LogP contribution in [0.2, 0.25) is 0 Å². The van der Waals surface area contributed by atoms with Gasteiger partial charge in [0.15, 0.2) is 11.5 Å². The van der Waals surface area contributed by atoms with Crippen molar-refractivity contribution in [2.75, 3.05) is 12.1 Å². The van der Waals surface area contributed by atoms with Gasteiger partial charge in [-0.05, 0) is 47.7 Å². The van der Waals surface area contributed by atoms with Gasteiger partial charge in [-0.25, -0.2) is 9.82 Å². The van der Waals surface area contributed by atoms with E-state index >= 15 is 0 Å². The summed E-state index contributed by atoms with van der Waals surface area (Å²) in [6.07, 6.45) is 3.29. The zero-order chi connectivity index (χ0) is 27.5. The van der Waals surface area contributed by atoms with Gasteiger partial charge < -0.3 is 19.4 Å². The molecule has 200 valence electrons. The summed E-state index contributed by atoms with van der Waals surface area (Å²) in [5.74, 6) is 0.422. The van der Waals surface area contributed by atoms with E-state index in [0.717, 1.165) is 15.7 Å². The summed E-state index contributed by atoms with van der Waals surface area (Å²) >= 11 is 0. The van der Waals surface area contributed by atoms with E-state index in [-0.39, 0.29) is 37.4 Å². The molecule has 3 aromatic carbocycles. The minimum Gasteiger partial charge on any atom is -0.454 e. The van der Waals surface area contributed by atoms with E-state index in [1.807, 2.05) is 24.3 Å². The van der Waals surface area contributed by atoms with Gasteiger partial charge in [0.1, 0.15) is 18.9 Å². The monoisotopic (exact) mass is 540 g/mol. The number of hydrogen-bond donors (Lipinski definition) is 2. The highest BCUT2D eigenvalue weighted by molar-refractivity contribution is 6.00. The third-order valence-electron chi connectivity index (χ3n) is 6.02. The first-order chi connectivity index (χ1) is 19.5. The summed E-state index contributed by atoms with van der Waals surface area (Å²) in [5, 5.41) is 19.7. The average molecular weight is 541 g/mol. The quantitative estimate of drug-likeness (QED) is 0.228. The van der Waals surface area contributed by atoms with Crippen molar-refractivity contribution < 1.29 is 23.5 Å². The highest BCUT2D eigenvalue weighted by atomic mass is 19.1. The highest BCUT2D eigenvalue weighted by Gasteiger charge is 2.15. The number of nitrogens with zero attached hydrogens (tertiary/aromatic N) is 6. The molecule has 0 saturated heterocycles. The number of tetrazole rings is 1.